The van der Waals surface area contributed by atoms with Gasteiger partial charge in [-0.05, 0) is 6.42 Å². The summed E-state index contributed by atoms with van der Waals surface area (Å²) in [5.41, 5.74) is 6.51. The van der Waals surface area contributed by atoms with Crippen molar-refractivity contribution in [2.45, 2.75) is 12.5 Å². The highest BCUT2D eigenvalue weighted by atomic mass is 16.5. The van der Waals surface area contributed by atoms with Crippen molar-refractivity contribution in [3.8, 4) is 0 Å². The van der Waals surface area contributed by atoms with Gasteiger partial charge >= 0.3 is 0 Å². The van der Waals surface area contributed by atoms with Gasteiger partial charge in [0.05, 0.1) is 24.8 Å². The molecule has 4 heterocycles. The van der Waals surface area contributed by atoms with E-state index in [-0.39, 0.29) is 5.95 Å². The first-order valence-corrected chi connectivity index (χ1v) is 7.34. The molecule has 8 nitrogen and oxygen atoms in total. The second kappa shape index (κ2) is 5.12. The fraction of sp³-hybridized carbons (Fsp3) is 0.615. The lowest BCUT2D eigenvalue weighted by atomic mass is 10.2. The van der Waals surface area contributed by atoms with Crippen molar-refractivity contribution < 1.29 is 4.74 Å². The Kier molecular flexibility index (Phi) is 3.12. The van der Waals surface area contributed by atoms with Gasteiger partial charge in [-0.15, -0.1) is 0 Å². The molecule has 112 valence electrons. The number of nitrogens with one attached hydrogen (secondary N) is 1. The zero-order chi connectivity index (χ0) is 14.2. The predicted molar refractivity (Wildman–Crippen MR) is 79.1 cm³/mol. The number of rotatable bonds is 2. The molecule has 2 aromatic heterocycles. The molecule has 0 amide bonds. The highest BCUT2D eigenvalue weighted by Crippen LogP contribution is 2.28. The number of hydrogen-bond acceptors (Lipinski definition) is 7. The summed E-state index contributed by atoms with van der Waals surface area (Å²) in [6.07, 6.45) is 2.91. The number of nitrogen functional groups attached to an aromatic ring is 1. The third-order valence-electron chi connectivity index (χ3n) is 4.33. The Labute approximate surface area is 122 Å². The maximum absolute atomic E-state index is 5.81. The molecule has 0 aromatic carbocycles. The summed E-state index contributed by atoms with van der Waals surface area (Å²) in [6, 6.07) is 0.562. The molecule has 1 unspecified atom stereocenters. The van der Waals surface area contributed by atoms with Crippen molar-refractivity contribution in [1.29, 1.82) is 0 Å². The highest BCUT2D eigenvalue weighted by molar-refractivity contribution is 5.87. The number of anilines is 2. The third-order valence-corrected chi connectivity index (χ3v) is 4.33. The topological polar surface area (TPSA) is 96.2 Å². The van der Waals surface area contributed by atoms with E-state index in [2.05, 4.69) is 30.0 Å². The molecule has 0 radical (unpaired) electrons. The number of H-pyrrole nitrogens is 1. The number of ether oxygens (including phenoxy) is 1. The van der Waals surface area contributed by atoms with E-state index in [0.29, 0.717) is 11.7 Å². The number of morpholine rings is 1. The second-order valence-corrected chi connectivity index (χ2v) is 5.57. The van der Waals surface area contributed by atoms with Crippen molar-refractivity contribution >= 4 is 22.8 Å². The molecular weight excluding hydrogens is 270 g/mol. The van der Waals surface area contributed by atoms with Gasteiger partial charge in [0.2, 0.25) is 5.95 Å². The summed E-state index contributed by atoms with van der Waals surface area (Å²) < 4.78 is 5.43. The molecule has 2 saturated heterocycles. The number of aromatic nitrogens is 4. The molecule has 2 aromatic rings. The Morgan fingerprint density at radius 1 is 1.24 bits per heavy atom. The molecule has 0 bridgehead atoms. The molecule has 2 aliphatic heterocycles. The van der Waals surface area contributed by atoms with E-state index in [9.17, 15) is 0 Å². The number of nitrogens with zero attached hydrogens (tertiary/aromatic N) is 5. The van der Waals surface area contributed by atoms with E-state index in [1.165, 1.54) is 0 Å². The summed E-state index contributed by atoms with van der Waals surface area (Å²) >= 11 is 0. The number of nitrogens with two attached hydrogens (primary N) is 1. The molecule has 21 heavy (non-hydrogen) atoms. The van der Waals surface area contributed by atoms with Crippen molar-refractivity contribution in [2.24, 2.45) is 0 Å². The van der Waals surface area contributed by atoms with Crippen LogP contribution < -0.4 is 10.6 Å². The van der Waals surface area contributed by atoms with Gasteiger partial charge in [-0.25, -0.2) is 0 Å². The van der Waals surface area contributed by atoms with E-state index < -0.39 is 0 Å². The van der Waals surface area contributed by atoms with Gasteiger partial charge in [0, 0.05) is 32.2 Å². The average Bonchev–Trinajstić information content (AvgIpc) is 3.16. The average molecular weight is 289 g/mol. The third kappa shape index (κ3) is 2.30. The van der Waals surface area contributed by atoms with E-state index >= 15 is 0 Å². The minimum absolute atomic E-state index is 0.288. The van der Waals surface area contributed by atoms with E-state index in [4.69, 9.17) is 10.5 Å². The smallest absolute Gasteiger partial charge is 0.224 e. The second-order valence-electron chi connectivity index (χ2n) is 5.57. The van der Waals surface area contributed by atoms with Gasteiger partial charge in [0.1, 0.15) is 5.82 Å². The fourth-order valence-electron chi connectivity index (χ4n) is 3.25. The van der Waals surface area contributed by atoms with Crippen LogP contribution in [0.5, 0.6) is 0 Å². The molecular formula is C13H19N7O. The fourth-order valence-corrected chi connectivity index (χ4v) is 3.25. The van der Waals surface area contributed by atoms with E-state index in [1.807, 2.05) is 0 Å². The maximum Gasteiger partial charge on any atom is 0.224 e. The van der Waals surface area contributed by atoms with Crippen LogP contribution in [-0.2, 0) is 4.74 Å². The maximum atomic E-state index is 5.81. The minimum atomic E-state index is 0.288. The quantitative estimate of drug-likeness (QED) is 0.793. The van der Waals surface area contributed by atoms with Gasteiger partial charge < -0.3 is 15.4 Å². The monoisotopic (exact) mass is 289 g/mol. The lowest BCUT2D eigenvalue weighted by Gasteiger charge is -2.32. The van der Waals surface area contributed by atoms with Crippen molar-refractivity contribution in [1.82, 2.24) is 25.1 Å². The normalized spacial score (nSPS) is 24.0. The lowest BCUT2D eigenvalue weighted by molar-refractivity contribution is 0.0209. The van der Waals surface area contributed by atoms with Crippen LogP contribution in [0.25, 0.3) is 11.0 Å². The molecule has 2 aliphatic rings. The summed E-state index contributed by atoms with van der Waals surface area (Å²) in [6.45, 7) is 5.67. The molecule has 0 spiro atoms. The van der Waals surface area contributed by atoms with Crippen LogP contribution in [0.15, 0.2) is 6.20 Å². The van der Waals surface area contributed by atoms with Crippen molar-refractivity contribution in [2.75, 3.05) is 50.0 Å². The molecule has 0 aliphatic carbocycles. The van der Waals surface area contributed by atoms with Crippen LogP contribution in [0.4, 0.5) is 11.8 Å². The zero-order valence-corrected chi connectivity index (χ0v) is 11.8. The number of fused-ring (bicyclic) bond motifs is 1. The Balaban J connectivity index is 1.57. The Bertz CT molecular complexity index is 636. The zero-order valence-electron chi connectivity index (χ0n) is 11.8. The SMILES string of the molecule is Nc1nc(N2CCC(N3CCOCC3)C2)c2cn[nH]c2n1. The van der Waals surface area contributed by atoms with Crippen LogP contribution >= 0.6 is 0 Å². The molecule has 3 N–H and O–H groups in total. The lowest BCUT2D eigenvalue weighted by Crippen LogP contribution is -2.44. The molecule has 2 fully saturated rings. The van der Waals surface area contributed by atoms with Crippen LogP contribution in [0.2, 0.25) is 0 Å². The molecule has 8 heteroatoms. The van der Waals surface area contributed by atoms with Gasteiger partial charge in [0.15, 0.2) is 5.65 Å². The summed E-state index contributed by atoms with van der Waals surface area (Å²) in [4.78, 5) is 13.4. The van der Waals surface area contributed by atoms with Crippen LogP contribution in [-0.4, -0.2) is 70.5 Å². The van der Waals surface area contributed by atoms with Crippen LogP contribution in [0, 0.1) is 0 Å². The van der Waals surface area contributed by atoms with Gasteiger partial charge in [-0.1, -0.05) is 0 Å². The molecule has 0 saturated carbocycles. The van der Waals surface area contributed by atoms with Crippen molar-refractivity contribution in [3.63, 3.8) is 0 Å². The summed E-state index contributed by atoms with van der Waals surface area (Å²) in [5.74, 6) is 1.18. The molecule has 1 atom stereocenters. The largest absolute Gasteiger partial charge is 0.379 e. The predicted octanol–water partition coefficient (Wildman–Crippen LogP) is -0.154. The minimum Gasteiger partial charge on any atom is -0.379 e. The van der Waals surface area contributed by atoms with E-state index in [0.717, 1.165) is 57.0 Å². The highest BCUT2D eigenvalue weighted by Gasteiger charge is 2.30. The standard InChI is InChI=1S/C13H19N7O/c14-13-16-11-10(7-15-18-11)12(17-13)20-2-1-9(8-20)19-3-5-21-6-4-19/h7,9H,1-6,8H2,(H3,14,15,16,17,18). The summed E-state index contributed by atoms with van der Waals surface area (Å²) in [5, 5.41) is 7.85. The first-order valence-electron chi connectivity index (χ1n) is 7.34. The Morgan fingerprint density at radius 3 is 2.95 bits per heavy atom. The van der Waals surface area contributed by atoms with E-state index in [1.54, 1.807) is 6.20 Å². The Hall–Kier alpha value is -1.93. The Morgan fingerprint density at radius 2 is 2.10 bits per heavy atom. The first kappa shape index (κ1) is 12.8. The summed E-state index contributed by atoms with van der Waals surface area (Å²) in [7, 11) is 0. The van der Waals surface area contributed by atoms with Gasteiger partial charge in [0.25, 0.3) is 0 Å². The number of hydrogen-bond donors (Lipinski definition) is 2. The van der Waals surface area contributed by atoms with Gasteiger partial charge in [-0.3, -0.25) is 10.00 Å². The van der Waals surface area contributed by atoms with Crippen LogP contribution in [0.1, 0.15) is 6.42 Å². The molecule has 4 rings (SSSR count). The van der Waals surface area contributed by atoms with Crippen molar-refractivity contribution in [3.05, 3.63) is 6.20 Å². The van der Waals surface area contributed by atoms with Gasteiger partial charge in [-0.2, -0.15) is 15.1 Å². The first-order chi connectivity index (χ1) is 10.3. The van der Waals surface area contributed by atoms with Crippen LogP contribution in [0.3, 0.4) is 0 Å². The number of aromatic amines is 1.